The van der Waals surface area contributed by atoms with Gasteiger partial charge in [-0.2, -0.15) is 0 Å². The third-order valence-electron chi connectivity index (χ3n) is 4.00. The lowest BCUT2D eigenvalue weighted by Crippen LogP contribution is -2.32. The molecule has 2 unspecified atom stereocenters. The number of nitrogens with one attached hydrogen (secondary N) is 1. The summed E-state index contributed by atoms with van der Waals surface area (Å²) in [6, 6.07) is 2.37. The van der Waals surface area contributed by atoms with Crippen molar-refractivity contribution in [2.75, 3.05) is 5.32 Å². The van der Waals surface area contributed by atoms with Crippen LogP contribution in [-0.4, -0.2) is 16.0 Å². The van der Waals surface area contributed by atoms with Crippen molar-refractivity contribution in [1.29, 1.82) is 0 Å². The molecule has 1 saturated carbocycles. The molecule has 2 atom stereocenters. The first-order valence-corrected chi connectivity index (χ1v) is 7.79. The average Bonchev–Trinajstić information content (AvgIpc) is 2.38. The Morgan fingerprint density at radius 2 is 2.05 bits per heavy atom. The summed E-state index contributed by atoms with van der Waals surface area (Å²) in [4.78, 5) is 8.87. The zero-order valence-electron chi connectivity index (χ0n) is 12.1. The second-order valence-electron chi connectivity index (χ2n) is 5.79. The molecular formula is C15H24ClN3. The highest BCUT2D eigenvalue weighted by Crippen LogP contribution is 2.29. The SMILES string of the molecule is CCC1CCCCC1Nc1cc(Cl)nc(C(C)C)n1. The van der Waals surface area contributed by atoms with Crippen LogP contribution >= 0.6 is 11.6 Å². The Labute approximate surface area is 121 Å². The molecule has 0 aliphatic heterocycles. The summed E-state index contributed by atoms with van der Waals surface area (Å²) in [7, 11) is 0. The van der Waals surface area contributed by atoms with E-state index in [1.807, 2.05) is 6.07 Å². The summed E-state index contributed by atoms with van der Waals surface area (Å²) in [6.45, 7) is 6.45. The first-order chi connectivity index (χ1) is 9.10. The van der Waals surface area contributed by atoms with Crippen molar-refractivity contribution >= 4 is 17.4 Å². The lowest BCUT2D eigenvalue weighted by atomic mass is 9.83. The van der Waals surface area contributed by atoms with Gasteiger partial charge in [-0.25, -0.2) is 9.97 Å². The number of nitrogens with zero attached hydrogens (tertiary/aromatic N) is 2. The smallest absolute Gasteiger partial charge is 0.135 e. The van der Waals surface area contributed by atoms with E-state index in [1.54, 1.807) is 0 Å². The van der Waals surface area contributed by atoms with Crippen LogP contribution in [0.3, 0.4) is 0 Å². The second-order valence-corrected chi connectivity index (χ2v) is 6.18. The molecule has 3 nitrogen and oxygen atoms in total. The number of aromatic nitrogens is 2. The van der Waals surface area contributed by atoms with Crippen LogP contribution in [0.2, 0.25) is 5.15 Å². The summed E-state index contributed by atoms with van der Waals surface area (Å²) >= 11 is 6.09. The predicted octanol–water partition coefficient (Wildman–Crippen LogP) is 4.63. The number of hydrogen-bond acceptors (Lipinski definition) is 3. The maximum atomic E-state index is 6.09. The third kappa shape index (κ3) is 3.82. The van der Waals surface area contributed by atoms with E-state index in [-0.39, 0.29) is 0 Å². The molecule has 1 aromatic rings. The summed E-state index contributed by atoms with van der Waals surface area (Å²) in [5.41, 5.74) is 0. The highest BCUT2D eigenvalue weighted by Gasteiger charge is 2.24. The van der Waals surface area contributed by atoms with Crippen molar-refractivity contribution < 1.29 is 0 Å². The molecule has 1 aromatic heterocycles. The van der Waals surface area contributed by atoms with Crippen molar-refractivity contribution in [3.63, 3.8) is 0 Å². The van der Waals surface area contributed by atoms with E-state index < -0.39 is 0 Å². The molecule has 1 aliphatic rings. The molecule has 0 radical (unpaired) electrons. The molecular weight excluding hydrogens is 258 g/mol. The predicted molar refractivity (Wildman–Crippen MR) is 80.8 cm³/mol. The first kappa shape index (κ1) is 14.6. The van der Waals surface area contributed by atoms with E-state index in [2.05, 4.69) is 36.1 Å². The Balaban J connectivity index is 2.13. The molecule has 0 spiro atoms. The maximum absolute atomic E-state index is 6.09. The van der Waals surface area contributed by atoms with Crippen molar-refractivity contribution in [1.82, 2.24) is 9.97 Å². The Morgan fingerprint density at radius 3 is 2.74 bits per heavy atom. The van der Waals surface area contributed by atoms with E-state index in [0.29, 0.717) is 17.1 Å². The fraction of sp³-hybridized carbons (Fsp3) is 0.733. The average molecular weight is 282 g/mol. The molecule has 1 aliphatic carbocycles. The van der Waals surface area contributed by atoms with Crippen LogP contribution in [0.4, 0.5) is 5.82 Å². The highest BCUT2D eigenvalue weighted by atomic mass is 35.5. The summed E-state index contributed by atoms with van der Waals surface area (Å²) in [5, 5.41) is 4.11. The normalized spacial score (nSPS) is 23.6. The van der Waals surface area contributed by atoms with Gasteiger partial charge in [0.2, 0.25) is 0 Å². The molecule has 106 valence electrons. The van der Waals surface area contributed by atoms with Gasteiger partial charge in [0.1, 0.15) is 16.8 Å². The van der Waals surface area contributed by atoms with Gasteiger partial charge in [0.15, 0.2) is 0 Å². The van der Waals surface area contributed by atoms with Crippen molar-refractivity contribution in [3.05, 3.63) is 17.0 Å². The van der Waals surface area contributed by atoms with E-state index in [4.69, 9.17) is 11.6 Å². The molecule has 4 heteroatoms. The highest BCUT2D eigenvalue weighted by molar-refractivity contribution is 6.29. The number of hydrogen-bond donors (Lipinski definition) is 1. The van der Waals surface area contributed by atoms with Crippen molar-refractivity contribution in [3.8, 4) is 0 Å². The van der Waals surface area contributed by atoms with Crippen LogP contribution in [0.5, 0.6) is 0 Å². The summed E-state index contributed by atoms with van der Waals surface area (Å²) in [5.74, 6) is 2.76. The lowest BCUT2D eigenvalue weighted by Gasteiger charge is -2.32. The monoisotopic (exact) mass is 281 g/mol. The van der Waals surface area contributed by atoms with Gasteiger partial charge in [0, 0.05) is 18.0 Å². The molecule has 1 N–H and O–H groups in total. The molecule has 0 bridgehead atoms. The number of anilines is 1. The minimum absolute atomic E-state index is 0.299. The minimum atomic E-state index is 0.299. The van der Waals surface area contributed by atoms with Gasteiger partial charge in [0.05, 0.1) is 0 Å². The molecule has 19 heavy (non-hydrogen) atoms. The Bertz CT molecular complexity index is 420. The number of rotatable bonds is 4. The summed E-state index contributed by atoms with van der Waals surface area (Å²) in [6.07, 6.45) is 6.46. The minimum Gasteiger partial charge on any atom is -0.367 e. The lowest BCUT2D eigenvalue weighted by molar-refractivity contribution is 0.316. The van der Waals surface area contributed by atoms with Gasteiger partial charge < -0.3 is 5.32 Å². The van der Waals surface area contributed by atoms with Gasteiger partial charge in [-0.1, -0.05) is 51.6 Å². The molecule has 0 aromatic carbocycles. The van der Waals surface area contributed by atoms with E-state index in [1.165, 1.54) is 32.1 Å². The van der Waals surface area contributed by atoms with Crippen LogP contribution < -0.4 is 5.32 Å². The topological polar surface area (TPSA) is 37.8 Å². The maximum Gasteiger partial charge on any atom is 0.135 e. The molecule has 2 rings (SSSR count). The van der Waals surface area contributed by atoms with Gasteiger partial charge in [-0.3, -0.25) is 0 Å². The molecule has 0 amide bonds. The van der Waals surface area contributed by atoms with E-state index in [0.717, 1.165) is 17.6 Å². The van der Waals surface area contributed by atoms with Gasteiger partial charge in [-0.05, 0) is 18.8 Å². The fourth-order valence-corrected chi connectivity index (χ4v) is 3.03. The Hall–Kier alpha value is -0.830. The van der Waals surface area contributed by atoms with Crippen LogP contribution in [0, 0.1) is 5.92 Å². The van der Waals surface area contributed by atoms with Crippen molar-refractivity contribution in [2.24, 2.45) is 5.92 Å². The van der Waals surface area contributed by atoms with Gasteiger partial charge in [-0.15, -0.1) is 0 Å². The van der Waals surface area contributed by atoms with E-state index >= 15 is 0 Å². The Kier molecular flexibility index (Phi) is 5.03. The van der Waals surface area contributed by atoms with Gasteiger partial charge in [0.25, 0.3) is 0 Å². The first-order valence-electron chi connectivity index (χ1n) is 7.41. The van der Waals surface area contributed by atoms with Crippen LogP contribution in [-0.2, 0) is 0 Å². The van der Waals surface area contributed by atoms with Crippen LogP contribution in [0.25, 0.3) is 0 Å². The number of halogens is 1. The van der Waals surface area contributed by atoms with Crippen molar-refractivity contribution in [2.45, 2.75) is 64.8 Å². The van der Waals surface area contributed by atoms with Crippen LogP contribution in [0.1, 0.15) is 64.6 Å². The second kappa shape index (κ2) is 6.56. The third-order valence-corrected chi connectivity index (χ3v) is 4.19. The van der Waals surface area contributed by atoms with E-state index in [9.17, 15) is 0 Å². The zero-order chi connectivity index (χ0) is 13.8. The summed E-state index contributed by atoms with van der Waals surface area (Å²) < 4.78 is 0. The zero-order valence-corrected chi connectivity index (χ0v) is 12.9. The standard InChI is InChI=1S/C15H24ClN3/c1-4-11-7-5-6-8-12(11)17-14-9-13(16)18-15(19-14)10(2)3/h9-12H,4-8H2,1-3H3,(H,17,18,19). The van der Waals surface area contributed by atoms with Gasteiger partial charge >= 0.3 is 0 Å². The quantitative estimate of drug-likeness (QED) is 0.818. The molecule has 1 heterocycles. The molecule has 1 fully saturated rings. The van der Waals surface area contributed by atoms with Crippen LogP contribution in [0.15, 0.2) is 6.07 Å². The fourth-order valence-electron chi connectivity index (χ4n) is 2.84. The largest absolute Gasteiger partial charge is 0.367 e. The Morgan fingerprint density at radius 1 is 1.32 bits per heavy atom. The molecule has 0 saturated heterocycles.